The molecule has 0 spiro atoms. The zero-order valence-electron chi connectivity index (χ0n) is 15.1. The van der Waals surface area contributed by atoms with Gasteiger partial charge in [-0.1, -0.05) is 6.42 Å². The quantitative estimate of drug-likeness (QED) is 0.901. The molecule has 1 aliphatic rings. The Morgan fingerprint density at radius 3 is 2.76 bits per heavy atom. The molecule has 3 heterocycles. The fourth-order valence-corrected chi connectivity index (χ4v) is 3.52. The van der Waals surface area contributed by atoms with Gasteiger partial charge in [0.2, 0.25) is 11.9 Å². The Bertz CT molecular complexity index is 714. The van der Waals surface area contributed by atoms with Crippen molar-refractivity contribution in [2.45, 2.75) is 58.7 Å². The van der Waals surface area contributed by atoms with E-state index in [1.54, 1.807) is 18.5 Å². The van der Waals surface area contributed by atoms with E-state index in [9.17, 15) is 4.79 Å². The number of nitrogens with one attached hydrogen (secondary N) is 1. The molecule has 0 bridgehead atoms. The number of likely N-dealkylation sites (tertiary alicyclic amines) is 1. The van der Waals surface area contributed by atoms with Crippen LogP contribution in [0.4, 0.5) is 5.95 Å². The lowest BCUT2D eigenvalue weighted by Crippen LogP contribution is -2.51. The average molecular weight is 342 g/mol. The molecule has 0 unspecified atom stereocenters. The summed E-state index contributed by atoms with van der Waals surface area (Å²) in [6, 6.07) is 3.90. The maximum Gasteiger partial charge on any atom is 0.243 e. The lowest BCUT2D eigenvalue weighted by atomic mass is 9.99. The first-order valence-electron chi connectivity index (χ1n) is 8.89. The standard InChI is InChI=1S/C18H26N6O/c1-13-11-14(2)24(22-13)12-16-7-4-5-10-23(16)15(3)17(25)21-18-19-8-6-9-20-18/h6,8-9,11,15-16H,4-5,7,10,12H2,1-3H3,(H,19,20,21,25)/t15-,16-/m0/s1. The van der Waals surface area contributed by atoms with E-state index >= 15 is 0 Å². The van der Waals surface area contributed by atoms with Crippen molar-refractivity contribution in [1.82, 2.24) is 24.6 Å². The summed E-state index contributed by atoms with van der Waals surface area (Å²) in [6.45, 7) is 7.79. The maximum atomic E-state index is 12.6. The SMILES string of the molecule is Cc1cc(C)n(C[C@@H]2CCCCN2[C@@H](C)C(=O)Nc2ncccn2)n1. The van der Waals surface area contributed by atoms with Gasteiger partial charge >= 0.3 is 0 Å². The maximum absolute atomic E-state index is 12.6. The minimum absolute atomic E-state index is 0.0635. The van der Waals surface area contributed by atoms with Gasteiger partial charge in [-0.05, 0) is 52.3 Å². The van der Waals surface area contributed by atoms with Gasteiger partial charge in [0.15, 0.2) is 0 Å². The molecule has 1 amide bonds. The minimum Gasteiger partial charge on any atom is -0.293 e. The third-order valence-electron chi connectivity index (χ3n) is 4.84. The Kier molecular flexibility index (Phi) is 5.43. The number of rotatable bonds is 5. The minimum atomic E-state index is -0.230. The Hall–Kier alpha value is -2.28. The van der Waals surface area contributed by atoms with Crippen molar-refractivity contribution >= 4 is 11.9 Å². The number of aryl methyl sites for hydroxylation is 2. The second kappa shape index (κ2) is 7.74. The molecule has 0 radical (unpaired) electrons. The molecule has 7 heteroatoms. The molecule has 0 aliphatic carbocycles. The van der Waals surface area contributed by atoms with Gasteiger partial charge in [0.25, 0.3) is 0 Å². The Morgan fingerprint density at radius 1 is 1.32 bits per heavy atom. The number of carbonyl (C=O) groups excluding carboxylic acids is 1. The molecule has 2 atom stereocenters. The van der Waals surface area contributed by atoms with Crippen LogP contribution >= 0.6 is 0 Å². The summed E-state index contributed by atoms with van der Waals surface area (Å²) in [6.07, 6.45) is 6.64. The van der Waals surface area contributed by atoms with Crippen molar-refractivity contribution in [2.24, 2.45) is 0 Å². The molecule has 2 aromatic heterocycles. The molecule has 0 saturated carbocycles. The molecule has 0 aromatic carbocycles. The average Bonchev–Trinajstić information content (AvgIpc) is 2.93. The van der Waals surface area contributed by atoms with E-state index in [2.05, 4.69) is 43.0 Å². The lowest BCUT2D eigenvalue weighted by molar-refractivity contribution is -0.122. The molecular weight excluding hydrogens is 316 g/mol. The van der Waals surface area contributed by atoms with Crippen LogP contribution < -0.4 is 5.32 Å². The second-order valence-corrected chi connectivity index (χ2v) is 6.73. The molecule has 3 rings (SSSR count). The molecule has 7 nitrogen and oxygen atoms in total. The van der Waals surface area contributed by atoms with Crippen LogP contribution in [0.15, 0.2) is 24.5 Å². The van der Waals surface area contributed by atoms with Crippen molar-refractivity contribution in [1.29, 1.82) is 0 Å². The number of anilines is 1. The van der Waals surface area contributed by atoms with Crippen molar-refractivity contribution in [3.05, 3.63) is 35.9 Å². The highest BCUT2D eigenvalue weighted by Gasteiger charge is 2.31. The number of carbonyl (C=O) groups is 1. The zero-order valence-corrected chi connectivity index (χ0v) is 15.1. The van der Waals surface area contributed by atoms with Gasteiger partial charge in [-0.2, -0.15) is 5.10 Å². The smallest absolute Gasteiger partial charge is 0.243 e. The van der Waals surface area contributed by atoms with Crippen molar-refractivity contribution in [3.63, 3.8) is 0 Å². The van der Waals surface area contributed by atoms with E-state index in [0.717, 1.165) is 37.3 Å². The van der Waals surface area contributed by atoms with E-state index in [4.69, 9.17) is 0 Å². The number of nitrogens with zero attached hydrogens (tertiary/aromatic N) is 5. The molecule has 25 heavy (non-hydrogen) atoms. The summed E-state index contributed by atoms with van der Waals surface area (Å²) in [5, 5.41) is 7.39. The Balaban J connectivity index is 1.69. The van der Waals surface area contributed by atoms with Gasteiger partial charge in [-0.15, -0.1) is 0 Å². The van der Waals surface area contributed by atoms with Crippen LogP contribution in [0.2, 0.25) is 0 Å². The predicted octanol–water partition coefficient (Wildman–Crippen LogP) is 2.17. The number of piperidine rings is 1. The van der Waals surface area contributed by atoms with Gasteiger partial charge in [0.1, 0.15) is 0 Å². The van der Waals surface area contributed by atoms with Gasteiger partial charge in [0.05, 0.1) is 18.3 Å². The van der Waals surface area contributed by atoms with Crippen LogP contribution in [0.5, 0.6) is 0 Å². The third-order valence-corrected chi connectivity index (χ3v) is 4.84. The molecular formula is C18H26N6O. The fourth-order valence-electron chi connectivity index (χ4n) is 3.52. The lowest BCUT2D eigenvalue weighted by Gasteiger charge is -2.39. The van der Waals surface area contributed by atoms with Gasteiger partial charge in [0, 0.05) is 24.1 Å². The summed E-state index contributed by atoms with van der Waals surface area (Å²) in [5.41, 5.74) is 2.20. The van der Waals surface area contributed by atoms with Crippen LogP contribution in [0, 0.1) is 13.8 Å². The molecule has 2 aromatic rings. The predicted molar refractivity (Wildman–Crippen MR) is 96.2 cm³/mol. The van der Waals surface area contributed by atoms with E-state index < -0.39 is 0 Å². The van der Waals surface area contributed by atoms with Crippen LogP contribution in [-0.4, -0.2) is 49.2 Å². The third kappa shape index (κ3) is 4.22. The fraction of sp³-hybridized carbons (Fsp3) is 0.556. The monoisotopic (exact) mass is 342 g/mol. The van der Waals surface area contributed by atoms with E-state index in [1.165, 1.54) is 6.42 Å². The highest BCUT2D eigenvalue weighted by atomic mass is 16.2. The van der Waals surface area contributed by atoms with E-state index in [0.29, 0.717) is 12.0 Å². The Labute approximate surface area is 148 Å². The number of hydrogen-bond acceptors (Lipinski definition) is 5. The van der Waals surface area contributed by atoms with Crippen molar-refractivity contribution < 1.29 is 4.79 Å². The molecule has 1 fully saturated rings. The molecule has 1 N–H and O–H groups in total. The highest BCUT2D eigenvalue weighted by molar-refractivity contribution is 5.93. The zero-order chi connectivity index (χ0) is 17.8. The summed E-state index contributed by atoms with van der Waals surface area (Å²) in [5.74, 6) is 0.290. The largest absolute Gasteiger partial charge is 0.293 e. The van der Waals surface area contributed by atoms with Crippen LogP contribution in [0.1, 0.15) is 37.6 Å². The van der Waals surface area contributed by atoms with Crippen LogP contribution in [-0.2, 0) is 11.3 Å². The first-order chi connectivity index (χ1) is 12.0. The van der Waals surface area contributed by atoms with E-state index in [1.807, 2.05) is 13.8 Å². The Morgan fingerprint density at radius 2 is 2.08 bits per heavy atom. The first kappa shape index (κ1) is 17.5. The molecule has 1 aliphatic heterocycles. The van der Waals surface area contributed by atoms with Gasteiger partial charge in [-0.3, -0.25) is 19.7 Å². The van der Waals surface area contributed by atoms with Crippen molar-refractivity contribution in [3.8, 4) is 0 Å². The van der Waals surface area contributed by atoms with E-state index in [-0.39, 0.29) is 11.9 Å². The molecule has 134 valence electrons. The van der Waals surface area contributed by atoms with Crippen molar-refractivity contribution in [2.75, 3.05) is 11.9 Å². The second-order valence-electron chi connectivity index (χ2n) is 6.73. The number of amides is 1. The van der Waals surface area contributed by atoms with Gasteiger partial charge < -0.3 is 0 Å². The van der Waals surface area contributed by atoms with Crippen LogP contribution in [0.25, 0.3) is 0 Å². The van der Waals surface area contributed by atoms with Crippen LogP contribution in [0.3, 0.4) is 0 Å². The summed E-state index contributed by atoms with van der Waals surface area (Å²) < 4.78 is 2.06. The summed E-state index contributed by atoms with van der Waals surface area (Å²) in [4.78, 5) is 23.1. The normalized spacial score (nSPS) is 19.6. The summed E-state index contributed by atoms with van der Waals surface area (Å²) >= 11 is 0. The number of hydrogen-bond donors (Lipinski definition) is 1. The first-order valence-corrected chi connectivity index (χ1v) is 8.89. The number of aromatic nitrogens is 4. The molecule has 1 saturated heterocycles. The highest BCUT2D eigenvalue weighted by Crippen LogP contribution is 2.22. The topological polar surface area (TPSA) is 75.9 Å². The van der Waals surface area contributed by atoms with Gasteiger partial charge in [-0.25, -0.2) is 9.97 Å². The summed E-state index contributed by atoms with van der Waals surface area (Å²) in [7, 11) is 0.